The number of allylic oxidation sites excluding steroid dienone is 6. The number of carbonyl (C=O) groups excluding carboxylic acids is 1. The van der Waals surface area contributed by atoms with Crippen molar-refractivity contribution in [2.75, 3.05) is 13.1 Å². The largest absolute Gasteiger partial charge is 0.339 e. The van der Waals surface area contributed by atoms with Crippen molar-refractivity contribution in [3.05, 3.63) is 141 Å². The van der Waals surface area contributed by atoms with Crippen molar-refractivity contribution >= 4 is 11.6 Å². The maximum absolute atomic E-state index is 13.7. The molecule has 1 amide bonds. The van der Waals surface area contributed by atoms with E-state index in [1.165, 1.54) is 34.9 Å². The first-order valence-electron chi connectivity index (χ1n) is 15.1. The lowest BCUT2D eigenvalue weighted by Crippen LogP contribution is -2.41. The van der Waals surface area contributed by atoms with Crippen LogP contribution in [0.4, 0.5) is 8.78 Å². The van der Waals surface area contributed by atoms with Gasteiger partial charge in [-0.3, -0.25) is 10.2 Å². The van der Waals surface area contributed by atoms with Crippen molar-refractivity contribution in [3.63, 3.8) is 0 Å². The third-order valence-corrected chi connectivity index (χ3v) is 9.12. The Morgan fingerprint density at radius 3 is 2.30 bits per heavy atom. The minimum atomic E-state index is -0.374. The van der Waals surface area contributed by atoms with Gasteiger partial charge < -0.3 is 4.90 Å². The van der Waals surface area contributed by atoms with Crippen molar-refractivity contribution < 1.29 is 13.6 Å². The molecule has 0 spiro atoms. The molecule has 3 aromatic rings. The summed E-state index contributed by atoms with van der Waals surface area (Å²) < 4.78 is 27.3. The summed E-state index contributed by atoms with van der Waals surface area (Å²) in [6.07, 6.45) is 10.5. The third-order valence-electron chi connectivity index (χ3n) is 9.12. The van der Waals surface area contributed by atoms with Crippen molar-refractivity contribution in [1.82, 2.24) is 4.90 Å². The summed E-state index contributed by atoms with van der Waals surface area (Å²) in [5, 5.41) is 8.56. The van der Waals surface area contributed by atoms with Crippen LogP contribution in [0.3, 0.4) is 0 Å². The molecule has 1 fully saturated rings. The van der Waals surface area contributed by atoms with Gasteiger partial charge in [0.2, 0.25) is 0 Å². The highest BCUT2D eigenvalue weighted by Gasteiger charge is 2.49. The van der Waals surface area contributed by atoms with Crippen LogP contribution in [0, 0.1) is 35.3 Å². The molecule has 0 saturated carbocycles. The van der Waals surface area contributed by atoms with Crippen molar-refractivity contribution in [1.29, 1.82) is 5.41 Å². The second-order valence-electron chi connectivity index (χ2n) is 12.2. The van der Waals surface area contributed by atoms with Crippen LogP contribution < -0.4 is 0 Å². The number of likely N-dealkylation sites (tertiary alicyclic amines) is 1. The summed E-state index contributed by atoms with van der Waals surface area (Å²) in [6.45, 7) is 9.78. The van der Waals surface area contributed by atoms with Crippen molar-refractivity contribution in [3.8, 4) is 0 Å². The van der Waals surface area contributed by atoms with Crippen LogP contribution in [0.2, 0.25) is 0 Å². The molecule has 1 aliphatic heterocycles. The molecule has 1 atom stereocenters. The highest BCUT2D eigenvalue weighted by Crippen LogP contribution is 2.58. The van der Waals surface area contributed by atoms with Gasteiger partial charge in [0.05, 0.1) is 5.71 Å². The number of nitrogens with zero attached hydrogens (tertiary/aromatic N) is 1. The number of aryl methyl sites for hydroxylation is 2. The molecule has 5 heteroatoms. The SMILES string of the molecule is CC(C)=C(C)C1=CC1(/C=C/CCc1cccc(F)c1)C1CCN(C(=O)c2ccc(C(=N)c3cccc(F)c3)c(C)c2)CC1. The van der Waals surface area contributed by atoms with Gasteiger partial charge in [-0.2, -0.15) is 0 Å². The number of carbonyl (C=O) groups is 1. The molecular weight excluding hydrogens is 538 g/mol. The molecule has 0 bridgehead atoms. The number of rotatable bonds is 9. The molecule has 43 heavy (non-hydrogen) atoms. The Labute approximate surface area is 254 Å². The fraction of sp³-hybridized carbons (Fsp3) is 0.316. The van der Waals surface area contributed by atoms with Gasteiger partial charge in [-0.1, -0.05) is 54.1 Å². The lowest BCUT2D eigenvalue weighted by atomic mass is 9.76. The zero-order chi connectivity index (χ0) is 30.7. The second kappa shape index (κ2) is 12.6. The Balaban J connectivity index is 1.24. The second-order valence-corrected chi connectivity index (χ2v) is 12.2. The molecule has 0 radical (unpaired) electrons. The van der Waals surface area contributed by atoms with Crippen LogP contribution in [-0.2, 0) is 6.42 Å². The average Bonchev–Trinajstić information content (AvgIpc) is 3.73. The van der Waals surface area contributed by atoms with E-state index in [1.807, 2.05) is 24.0 Å². The summed E-state index contributed by atoms with van der Waals surface area (Å²) in [5.74, 6) is -0.142. The molecule has 1 heterocycles. The van der Waals surface area contributed by atoms with Crippen LogP contribution in [0.25, 0.3) is 0 Å². The minimum absolute atomic E-state index is 0.00882. The third kappa shape index (κ3) is 6.61. The number of hydrogen-bond donors (Lipinski definition) is 1. The van der Waals surface area contributed by atoms with Crippen LogP contribution in [0.15, 0.2) is 102 Å². The Bertz CT molecular complexity index is 1640. The Hall–Kier alpha value is -4.12. The van der Waals surface area contributed by atoms with E-state index in [0.29, 0.717) is 35.7 Å². The highest BCUT2D eigenvalue weighted by molar-refractivity contribution is 6.12. The topological polar surface area (TPSA) is 44.2 Å². The summed E-state index contributed by atoms with van der Waals surface area (Å²) in [6, 6.07) is 18.3. The van der Waals surface area contributed by atoms with Crippen LogP contribution in [0.5, 0.6) is 0 Å². The van der Waals surface area contributed by atoms with Gasteiger partial charge in [-0.25, -0.2) is 8.78 Å². The molecule has 3 aromatic carbocycles. The first-order chi connectivity index (χ1) is 20.6. The maximum atomic E-state index is 13.7. The summed E-state index contributed by atoms with van der Waals surface area (Å²) in [5.41, 5.74) is 7.86. The smallest absolute Gasteiger partial charge is 0.253 e. The van der Waals surface area contributed by atoms with E-state index in [-0.39, 0.29) is 28.7 Å². The zero-order valence-electron chi connectivity index (χ0n) is 25.5. The average molecular weight is 579 g/mol. The Morgan fingerprint density at radius 2 is 1.65 bits per heavy atom. The molecule has 3 nitrogen and oxygen atoms in total. The van der Waals surface area contributed by atoms with Gasteiger partial charge in [-0.05, 0) is 118 Å². The van der Waals surface area contributed by atoms with Gasteiger partial charge in [0.1, 0.15) is 11.6 Å². The van der Waals surface area contributed by atoms with E-state index in [0.717, 1.165) is 36.8 Å². The number of halogens is 2. The predicted octanol–water partition coefficient (Wildman–Crippen LogP) is 9.01. The van der Waals surface area contributed by atoms with Gasteiger partial charge in [0, 0.05) is 35.2 Å². The lowest BCUT2D eigenvalue weighted by Gasteiger charge is -2.37. The number of nitrogens with one attached hydrogen (secondary N) is 1. The number of piperidine rings is 1. The molecule has 1 unspecified atom stereocenters. The monoisotopic (exact) mass is 578 g/mol. The van der Waals surface area contributed by atoms with Gasteiger partial charge in [0.25, 0.3) is 5.91 Å². The molecule has 1 N–H and O–H groups in total. The van der Waals surface area contributed by atoms with E-state index in [9.17, 15) is 13.6 Å². The summed E-state index contributed by atoms with van der Waals surface area (Å²) in [7, 11) is 0. The maximum Gasteiger partial charge on any atom is 0.253 e. The molecule has 2 aliphatic rings. The molecule has 1 saturated heterocycles. The summed E-state index contributed by atoms with van der Waals surface area (Å²) in [4.78, 5) is 15.5. The molecular formula is C38H40F2N2O. The van der Waals surface area contributed by atoms with E-state index in [4.69, 9.17) is 5.41 Å². The molecule has 1 aliphatic carbocycles. The van der Waals surface area contributed by atoms with Crippen molar-refractivity contribution in [2.45, 2.75) is 53.4 Å². The predicted molar refractivity (Wildman–Crippen MR) is 171 cm³/mol. The van der Waals surface area contributed by atoms with E-state index in [1.54, 1.807) is 36.4 Å². The summed E-state index contributed by atoms with van der Waals surface area (Å²) >= 11 is 0. The first kappa shape index (κ1) is 30.3. The quantitative estimate of drug-likeness (QED) is 0.200. The fourth-order valence-electron chi connectivity index (χ4n) is 6.36. The van der Waals surface area contributed by atoms with Crippen molar-refractivity contribution in [2.24, 2.45) is 11.3 Å². The minimum Gasteiger partial charge on any atom is -0.339 e. The zero-order valence-corrected chi connectivity index (χ0v) is 25.5. The van der Waals surface area contributed by atoms with Gasteiger partial charge >= 0.3 is 0 Å². The highest BCUT2D eigenvalue weighted by atomic mass is 19.1. The van der Waals surface area contributed by atoms with E-state index in [2.05, 4.69) is 39.0 Å². The normalized spacial score (nSPS) is 18.5. The molecule has 0 aromatic heterocycles. The number of amides is 1. The Morgan fingerprint density at radius 1 is 0.953 bits per heavy atom. The van der Waals surface area contributed by atoms with E-state index >= 15 is 0 Å². The molecule has 5 rings (SSSR count). The Kier molecular flexibility index (Phi) is 8.91. The van der Waals surface area contributed by atoms with Gasteiger partial charge in [0.15, 0.2) is 0 Å². The molecule has 222 valence electrons. The first-order valence-corrected chi connectivity index (χ1v) is 15.1. The van der Waals surface area contributed by atoms with Crippen LogP contribution in [0.1, 0.15) is 72.6 Å². The van der Waals surface area contributed by atoms with Gasteiger partial charge in [-0.15, -0.1) is 0 Å². The van der Waals surface area contributed by atoms with Crippen LogP contribution in [-0.4, -0.2) is 29.6 Å². The number of hydrogen-bond acceptors (Lipinski definition) is 2. The standard InChI is InChI=1S/C38H40F2N2O/c1-25(2)27(4)35-24-38(35,18-6-5-9-28-10-7-12-32(39)22-28)31-16-19-42(20-17-31)37(43)30-14-15-34(26(3)21-30)36(41)29-11-8-13-33(40)23-29/h6-8,10-15,18,21-24,31,41H,5,9,16-17,19-20H2,1-4H3/b18-6+,41-36?. The number of benzene rings is 3. The fourth-order valence-corrected chi connectivity index (χ4v) is 6.36. The lowest BCUT2D eigenvalue weighted by molar-refractivity contribution is 0.0668. The van der Waals surface area contributed by atoms with E-state index < -0.39 is 0 Å². The van der Waals surface area contributed by atoms with Crippen LogP contribution >= 0.6 is 0 Å².